The highest BCUT2D eigenvalue weighted by Gasteiger charge is 2.17. The predicted octanol–water partition coefficient (Wildman–Crippen LogP) is 4.15. The fourth-order valence-corrected chi connectivity index (χ4v) is 4.00. The number of guanidine groups is 1. The molecule has 6 heteroatoms. The molecule has 1 aliphatic heterocycles. The zero-order valence-electron chi connectivity index (χ0n) is 16.0. The summed E-state index contributed by atoms with van der Waals surface area (Å²) in [6.45, 7) is 13.2. The zero-order valence-corrected chi connectivity index (χ0v) is 19.1. The lowest BCUT2D eigenvalue weighted by Crippen LogP contribution is -2.39. The van der Waals surface area contributed by atoms with Gasteiger partial charge >= 0.3 is 0 Å². The van der Waals surface area contributed by atoms with Gasteiger partial charge < -0.3 is 15.5 Å². The first-order chi connectivity index (χ1) is 11.7. The van der Waals surface area contributed by atoms with E-state index in [4.69, 9.17) is 4.99 Å². The van der Waals surface area contributed by atoms with E-state index in [1.165, 1.54) is 43.8 Å². The molecule has 1 fully saturated rings. The van der Waals surface area contributed by atoms with Crippen molar-refractivity contribution in [2.75, 3.05) is 39.3 Å². The Hall–Kier alpha value is -0.340. The van der Waals surface area contributed by atoms with Crippen LogP contribution in [0.4, 0.5) is 0 Å². The van der Waals surface area contributed by atoms with Gasteiger partial charge in [-0.2, -0.15) is 0 Å². The largest absolute Gasteiger partial charge is 0.357 e. The summed E-state index contributed by atoms with van der Waals surface area (Å²) in [5, 5.41) is 9.04. The lowest BCUT2D eigenvalue weighted by Gasteiger charge is -2.31. The first-order valence-electron chi connectivity index (χ1n) is 9.50. The van der Waals surface area contributed by atoms with Crippen LogP contribution in [0.3, 0.4) is 0 Å². The molecule has 0 radical (unpaired) electrons. The topological polar surface area (TPSA) is 39.7 Å². The van der Waals surface area contributed by atoms with Crippen molar-refractivity contribution >= 4 is 41.3 Å². The van der Waals surface area contributed by atoms with Crippen molar-refractivity contribution in [3.05, 3.63) is 22.4 Å². The first kappa shape index (κ1) is 22.7. The molecule has 1 unspecified atom stereocenters. The summed E-state index contributed by atoms with van der Waals surface area (Å²) >= 11 is 1.82. The summed E-state index contributed by atoms with van der Waals surface area (Å²) in [7, 11) is 0. The molecular weight excluding hydrogens is 443 g/mol. The van der Waals surface area contributed by atoms with E-state index in [1.54, 1.807) is 0 Å². The average Bonchev–Trinajstić information content (AvgIpc) is 3.14. The molecule has 2 rings (SSSR count). The van der Waals surface area contributed by atoms with Gasteiger partial charge in [0.05, 0.1) is 6.54 Å². The number of hydrogen-bond acceptors (Lipinski definition) is 3. The van der Waals surface area contributed by atoms with Crippen LogP contribution in [0.5, 0.6) is 0 Å². The van der Waals surface area contributed by atoms with Gasteiger partial charge in [0.25, 0.3) is 0 Å². The van der Waals surface area contributed by atoms with Gasteiger partial charge in [-0.1, -0.05) is 19.9 Å². The summed E-state index contributed by atoms with van der Waals surface area (Å²) in [5.41, 5.74) is 0. The van der Waals surface area contributed by atoms with E-state index in [0.29, 0.717) is 5.92 Å². The molecule has 2 N–H and O–H groups in total. The summed E-state index contributed by atoms with van der Waals surface area (Å²) in [6.07, 6.45) is 3.94. The number of rotatable bonds is 8. The van der Waals surface area contributed by atoms with Gasteiger partial charge in [0, 0.05) is 23.9 Å². The number of piperidine rings is 1. The van der Waals surface area contributed by atoms with Crippen molar-refractivity contribution in [1.82, 2.24) is 15.5 Å². The molecule has 0 aromatic carbocycles. The van der Waals surface area contributed by atoms with Gasteiger partial charge in [0.1, 0.15) is 0 Å². The van der Waals surface area contributed by atoms with E-state index in [1.807, 2.05) is 11.3 Å². The maximum atomic E-state index is 4.77. The Morgan fingerprint density at radius 2 is 2.08 bits per heavy atom. The van der Waals surface area contributed by atoms with E-state index < -0.39 is 0 Å². The summed E-state index contributed by atoms with van der Waals surface area (Å²) in [5.74, 6) is 2.32. The van der Waals surface area contributed by atoms with Gasteiger partial charge in [0.15, 0.2) is 5.96 Å². The van der Waals surface area contributed by atoms with Crippen LogP contribution in [0.1, 0.15) is 50.8 Å². The minimum Gasteiger partial charge on any atom is -0.357 e. The number of thiophene rings is 1. The van der Waals surface area contributed by atoms with E-state index >= 15 is 0 Å². The average molecular weight is 478 g/mol. The van der Waals surface area contributed by atoms with Gasteiger partial charge in [-0.15, -0.1) is 35.3 Å². The van der Waals surface area contributed by atoms with E-state index in [0.717, 1.165) is 31.5 Å². The lowest BCUT2D eigenvalue weighted by atomic mass is 9.93. The molecule has 0 amide bonds. The van der Waals surface area contributed by atoms with Crippen molar-refractivity contribution in [3.63, 3.8) is 0 Å². The van der Waals surface area contributed by atoms with Crippen molar-refractivity contribution in [2.24, 2.45) is 10.9 Å². The number of halogens is 1. The molecule has 1 aromatic rings. The van der Waals surface area contributed by atoms with Crippen LogP contribution in [0.25, 0.3) is 0 Å². The van der Waals surface area contributed by atoms with Crippen LogP contribution in [0.2, 0.25) is 0 Å². The molecule has 1 aliphatic rings. The van der Waals surface area contributed by atoms with Crippen LogP contribution < -0.4 is 10.6 Å². The number of likely N-dealkylation sites (tertiary alicyclic amines) is 1. The summed E-state index contributed by atoms with van der Waals surface area (Å²) < 4.78 is 0. The van der Waals surface area contributed by atoms with Crippen LogP contribution >= 0.6 is 35.3 Å². The van der Waals surface area contributed by atoms with Crippen LogP contribution in [0, 0.1) is 5.92 Å². The summed E-state index contributed by atoms with van der Waals surface area (Å²) in [4.78, 5) is 8.74. The maximum Gasteiger partial charge on any atom is 0.191 e. The van der Waals surface area contributed by atoms with Gasteiger partial charge in [-0.25, -0.2) is 0 Å². The van der Waals surface area contributed by atoms with Crippen molar-refractivity contribution in [1.29, 1.82) is 0 Å². The monoisotopic (exact) mass is 478 g/mol. The maximum absolute atomic E-state index is 4.77. The molecule has 1 atom stereocenters. The molecule has 144 valence electrons. The Balaban J connectivity index is 0.00000312. The molecule has 0 bridgehead atoms. The Kier molecular flexibility index (Phi) is 11.7. The van der Waals surface area contributed by atoms with Crippen LogP contribution in [-0.2, 0) is 0 Å². The van der Waals surface area contributed by atoms with E-state index in [2.05, 4.69) is 53.8 Å². The molecule has 0 aliphatic carbocycles. The normalized spacial score (nSPS) is 17.8. The van der Waals surface area contributed by atoms with E-state index in [9.17, 15) is 0 Å². The standard InChI is InChI=1S/C19H34N4S.HI/c1-4-20-19(22-15-16(3)18-7-6-14-24-18)21-11-8-17-9-12-23(5-2)13-10-17;/h6-7,14,16-17H,4-5,8-13,15H2,1-3H3,(H2,20,21,22);1H. The Bertz CT molecular complexity index is 470. The smallest absolute Gasteiger partial charge is 0.191 e. The number of nitrogens with zero attached hydrogens (tertiary/aromatic N) is 2. The van der Waals surface area contributed by atoms with Crippen molar-refractivity contribution in [3.8, 4) is 0 Å². The Morgan fingerprint density at radius 3 is 2.68 bits per heavy atom. The molecule has 0 spiro atoms. The van der Waals surface area contributed by atoms with E-state index in [-0.39, 0.29) is 24.0 Å². The predicted molar refractivity (Wildman–Crippen MR) is 122 cm³/mol. The first-order valence-corrected chi connectivity index (χ1v) is 10.4. The number of aliphatic imine (C=N–C) groups is 1. The van der Waals surface area contributed by atoms with Crippen molar-refractivity contribution < 1.29 is 0 Å². The fraction of sp³-hybridized carbons (Fsp3) is 0.737. The van der Waals surface area contributed by atoms with Crippen LogP contribution in [0.15, 0.2) is 22.5 Å². The zero-order chi connectivity index (χ0) is 17.2. The Labute approximate surface area is 174 Å². The highest BCUT2D eigenvalue weighted by Crippen LogP contribution is 2.21. The number of hydrogen-bond donors (Lipinski definition) is 2. The molecule has 25 heavy (non-hydrogen) atoms. The second-order valence-corrected chi connectivity index (χ2v) is 7.71. The number of nitrogens with one attached hydrogen (secondary N) is 2. The third-order valence-electron chi connectivity index (χ3n) is 4.90. The highest BCUT2D eigenvalue weighted by molar-refractivity contribution is 14.0. The second kappa shape index (κ2) is 12.9. The summed E-state index contributed by atoms with van der Waals surface area (Å²) in [6, 6.07) is 4.32. The Morgan fingerprint density at radius 1 is 1.32 bits per heavy atom. The molecule has 0 saturated carbocycles. The minimum atomic E-state index is 0. The SMILES string of the molecule is CCNC(=NCC(C)c1cccs1)NCCC1CCN(CC)CC1.I. The van der Waals surface area contributed by atoms with Gasteiger partial charge in [-0.3, -0.25) is 4.99 Å². The lowest BCUT2D eigenvalue weighted by molar-refractivity contribution is 0.187. The molecule has 4 nitrogen and oxygen atoms in total. The third kappa shape index (κ3) is 8.26. The fourth-order valence-electron chi connectivity index (χ4n) is 3.22. The molecule has 1 aromatic heterocycles. The quantitative estimate of drug-likeness (QED) is 0.335. The van der Waals surface area contributed by atoms with Crippen LogP contribution in [-0.4, -0.2) is 50.1 Å². The third-order valence-corrected chi connectivity index (χ3v) is 6.00. The molecule has 1 saturated heterocycles. The highest BCUT2D eigenvalue weighted by atomic mass is 127. The van der Waals surface area contributed by atoms with Crippen molar-refractivity contribution in [2.45, 2.75) is 46.0 Å². The van der Waals surface area contributed by atoms with Gasteiger partial charge in [0.2, 0.25) is 0 Å². The molecular formula is C19H35IN4S. The van der Waals surface area contributed by atoms with Gasteiger partial charge in [-0.05, 0) is 63.2 Å². The second-order valence-electron chi connectivity index (χ2n) is 6.73. The minimum absolute atomic E-state index is 0. The molecule has 2 heterocycles.